The van der Waals surface area contributed by atoms with Crippen molar-refractivity contribution in [2.45, 2.75) is 0 Å². The second-order valence-corrected chi connectivity index (χ2v) is 1.34. The third kappa shape index (κ3) is 10.9. The molecule has 0 spiro atoms. The molecule has 0 aliphatic heterocycles. The van der Waals surface area contributed by atoms with E-state index in [0.717, 1.165) is 0 Å². The number of aromatic hydroxyl groups is 1. The normalized spacial score (nSPS) is 5.45. The molecule has 52 valence electrons. The summed E-state index contributed by atoms with van der Waals surface area (Å²) >= 11 is 0. The van der Waals surface area contributed by atoms with Gasteiger partial charge in [-0.05, 0) is 12.1 Å². The molecule has 3 N–H and O–H groups in total. The molecular weight excluding hydrogens is 166 g/mol. The maximum absolute atomic E-state index is 8.63. The Hall–Kier alpha value is 0.940. The maximum atomic E-state index is 8.63. The number of hydrogen-bond acceptors (Lipinski definition) is 3. The van der Waals surface area contributed by atoms with Crippen molar-refractivity contribution >= 4 is 0 Å². The Labute approximate surface area is 110 Å². The molecular formula is C6H8Na2O3. The van der Waals surface area contributed by atoms with Gasteiger partial charge in [-0.3, -0.25) is 0 Å². The van der Waals surface area contributed by atoms with Gasteiger partial charge in [0.25, 0.3) is 0 Å². The van der Waals surface area contributed by atoms with Crippen LogP contribution in [0.25, 0.3) is 0 Å². The van der Waals surface area contributed by atoms with Gasteiger partial charge in [0, 0.05) is 0 Å². The summed E-state index contributed by atoms with van der Waals surface area (Å²) < 4.78 is 0. The van der Waals surface area contributed by atoms with Crippen LogP contribution in [0.3, 0.4) is 0 Å². The van der Waals surface area contributed by atoms with Gasteiger partial charge < -0.3 is 16.1 Å². The van der Waals surface area contributed by atoms with E-state index < -0.39 is 0 Å². The van der Waals surface area contributed by atoms with Gasteiger partial charge in [0.2, 0.25) is 0 Å². The fourth-order valence-electron chi connectivity index (χ4n) is 0.428. The first kappa shape index (κ1) is 22.7. The Morgan fingerprint density at radius 1 is 0.818 bits per heavy atom. The van der Waals surface area contributed by atoms with Crippen molar-refractivity contribution in [3.63, 3.8) is 0 Å². The van der Waals surface area contributed by atoms with Crippen LogP contribution in [-0.2, 0) is 0 Å². The molecule has 3 nitrogen and oxygen atoms in total. The molecule has 0 saturated carbocycles. The molecule has 0 radical (unpaired) electrons. The van der Waals surface area contributed by atoms with E-state index in [1.165, 1.54) is 0 Å². The zero-order chi connectivity index (χ0) is 5.11. The molecule has 11 heavy (non-hydrogen) atoms. The third-order valence-corrected chi connectivity index (χ3v) is 0.756. The minimum atomic E-state index is 0. The Balaban J connectivity index is -0.0000000612. The van der Waals surface area contributed by atoms with Crippen molar-refractivity contribution in [1.29, 1.82) is 0 Å². The van der Waals surface area contributed by atoms with Crippen molar-refractivity contribution in [3.05, 3.63) is 30.3 Å². The predicted octanol–water partition coefficient (Wildman–Crippen LogP) is -4.95. The first-order valence-electron chi connectivity index (χ1n) is 2.13. The fourth-order valence-corrected chi connectivity index (χ4v) is 0.428. The number of para-hydroxylation sites is 1. The standard InChI is InChI=1S/C6H6O.2Na.2H2O/c7-6-4-2-1-3-5-6;;;;/h1-5,7H;;;2*1H2/q;2*+1;;/p-2. The summed E-state index contributed by atoms with van der Waals surface area (Å²) in [4.78, 5) is 0. The summed E-state index contributed by atoms with van der Waals surface area (Å²) in [6.07, 6.45) is 0. The van der Waals surface area contributed by atoms with E-state index >= 15 is 0 Å². The van der Waals surface area contributed by atoms with Crippen LogP contribution in [0.1, 0.15) is 0 Å². The summed E-state index contributed by atoms with van der Waals surface area (Å²) in [6.45, 7) is 0. The van der Waals surface area contributed by atoms with Crippen LogP contribution >= 0.6 is 0 Å². The molecule has 1 aromatic carbocycles. The largest absolute Gasteiger partial charge is 1.00 e. The zero-order valence-corrected chi connectivity index (χ0v) is 10.7. The Morgan fingerprint density at radius 3 is 1.36 bits per heavy atom. The van der Waals surface area contributed by atoms with Gasteiger partial charge in [-0.2, -0.15) is 0 Å². The first-order chi connectivity index (χ1) is 3.39. The molecule has 5 heteroatoms. The van der Waals surface area contributed by atoms with Crippen LogP contribution in [0, 0.1) is 0 Å². The van der Waals surface area contributed by atoms with E-state index in [-0.39, 0.29) is 70.1 Å². The van der Waals surface area contributed by atoms with Crippen LogP contribution in [0.5, 0.6) is 5.75 Å². The van der Waals surface area contributed by atoms with Crippen LogP contribution in [0.15, 0.2) is 30.3 Å². The van der Waals surface area contributed by atoms with Gasteiger partial charge in [0.05, 0.1) is 0 Å². The second-order valence-electron chi connectivity index (χ2n) is 1.34. The fraction of sp³-hybridized carbons (Fsp3) is 0. The molecule has 0 saturated heterocycles. The summed E-state index contributed by atoms with van der Waals surface area (Å²) in [5.41, 5.74) is 0. The van der Waals surface area contributed by atoms with E-state index in [4.69, 9.17) is 5.11 Å². The van der Waals surface area contributed by atoms with Crippen LogP contribution in [0.4, 0.5) is 0 Å². The topological polar surface area (TPSA) is 80.2 Å². The molecule has 0 unspecified atom stereocenters. The van der Waals surface area contributed by atoms with Crippen LogP contribution in [0.2, 0.25) is 0 Å². The summed E-state index contributed by atoms with van der Waals surface area (Å²) in [5.74, 6) is 0.322. The average Bonchev–Trinajstić information content (AvgIpc) is 1.69. The SMILES string of the molecule is Oc1ccccc1.[Na+].[Na+].[OH-].[OH-]. The van der Waals surface area contributed by atoms with Crippen molar-refractivity contribution < 1.29 is 75.2 Å². The van der Waals surface area contributed by atoms with E-state index in [0.29, 0.717) is 5.75 Å². The van der Waals surface area contributed by atoms with Gasteiger partial charge >= 0.3 is 59.1 Å². The molecule has 0 fully saturated rings. The van der Waals surface area contributed by atoms with Crippen LogP contribution < -0.4 is 59.1 Å². The van der Waals surface area contributed by atoms with Gasteiger partial charge in [-0.15, -0.1) is 0 Å². The molecule has 0 bridgehead atoms. The van der Waals surface area contributed by atoms with Crippen molar-refractivity contribution in [2.24, 2.45) is 0 Å². The monoisotopic (exact) mass is 174 g/mol. The molecule has 0 heterocycles. The van der Waals surface area contributed by atoms with Crippen molar-refractivity contribution in [1.82, 2.24) is 0 Å². The Kier molecular flexibility index (Phi) is 27.9. The smallest absolute Gasteiger partial charge is 0.870 e. The summed E-state index contributed by atoms with van der Waals surface area (Å²) in [5, 5.41) is 8.63. The Morgan fingerprint density at radius 2 is 1.18 bits per heavy atom. The van der Waals surface area contributed by atoms with Gasteiger partial charge in [-0.25, -0.2) is 0 Å². The molecule has 1 rings (SSSR count). The molecule has 0 atom stereocenters. The molecule has 0 aromatic heterocycles. The van der Waals surface area contributed by atoms with Crippen molar-refractivity contribution in [3.8, 4) is 5.75 Å². The quantitative estimate of drug-likeness (QED) is 0.400. The summed E-state index contributed by atoms with van der Waals surface area (Å²) in [7, 11) is 0. The predicted molar refractivity (Wildman–Crippen MR) is 32.0 cm³/mol. The number of hydrogen-bond donors (Lipinski definition) is 1. The zero-order valence-electron chi connectivity index (χ0n) is 6.73. The minimum absolute atomic E-state index is 0. The Bertz CT molecular complexity index is 146. The molecule has 0 aliphatic rings. The summed E-state index contributed by atoms with van der Waals surface area (Å²) in [6, 6.07) is 8.71. The van der Waals surface area contributed by atoms with E-state index in [9.17, 15) is 0 Å². The van der Waals surface area contributed by atoms with Gasteiger partial charge in [0.1, 0.15) is 5.75 Å². The average molecular weight is 174 g/mol. The first-order valence-corrected chi connectivity index (χ1v) is 2.13. The number of phenolic OH excluding ortho intramolecular Hbond substituents is 1. The minimum Gasteiger partial charge on any atom is -0.870 e. The third-order valence-electron chi connectivity index (χ3n) is 0.756. The van der Waals surface area contributed by atoms with E-state index in [1.807, 2.05) is 6.07 Å². The second kappa shape index (κ2) is 13.5. The van der Waals surface area contributed by atoms with Crippen molar-refractivity contribution in [2.75, 3.05) is 0 Å². The number of phenols is 1. The molecule has 0 aliphatic carbocycles. The number of rotatable bonds is 0. The molecule has 1 aromatic rings. The molecule has 0 amide bonds. The van der Waals surface area contributed by atoms with E-state index in [1.54, 1.807) is 24.3 Å². The van der Waals surface area contributed by atoms with Gasteiger partial charge in [-0.1, -0.05) is 18.2 Å². The maximum Gasteiger partial charge on any atom is 1.00 e. The van der Waals surface area contributed by atoms with E-state index in [2.05, 4.69) is 0 Å². The van der Waals surface area contributed by atoms with Crippen LogP contribution in [-0.4, -0.2) is 16.1 Å². The number of benzene rings is 1. The van der Waals surface area contributed by atoms with Gasteiger partial charge in [0.15, 0.2) is 0 Å².